The van der Waals surface area contributed by atoms with Gasteiger partial charge in [-0.15, -0.1) is 11.3 Å². The highest BCUT2D eigenvalue weighted by Crippen LogP contribution is 2.29. The minimum atomic E-state index is 0.512. The number of hydrogen-bond donors (Lipinski definition) is 1. The van der Waals surface area contributed by atoms with Crippen LogP contribution in [-0.4, -0.2) is 23.4 Å². The number of aromatic nitrogens is 2. The zero-order valence-corrected chi connectivity index (χ0v) is 10.1. The first-order valence-electron chi connectivity index (χ1n) is 5.56. The Balaban J connectivity index is 1.76. The number of nitrogen functional groups attached to an aromatic ring is 1. The Morgan fingerprint density at radius 3 is 3.18 bits per heavy atom. The van der Waals surface area contributed by atoms with Crippen molar-refractivity contribution in [3.63, 3.8) is 0 Å². The second kappa shape index (κ2) is 4.46. The van der Waals surface area contributed by atoms with E-state index in [1.54, 1.807) is 0 Å². The molecule has 1 aliphatic rings. The van der Waals surface area contributed by atoms with Crippen LogP contribution in [0.5, 0.6) is 0 Å². The summed E-state index contributed by atoms with van der Waals surface area (Å²) < 4.78 is 10.5. The summed E-state index contributed by atoms with van der Waals surface area (Å²) in [7, 11) is 0. The fourth-order valence-corrected chi connectivity index (χ4v) is 2.58. The van der Waals surface area contributed by atoms with Gasteiger partial charge in [-0.2, -0.15) is 4.98 Å². The molecule has 2 N–H and O–H groups in total. The number of anilines is 1. The Labute approximate surface area is 103 Å². The molecule has 17 heavy (non-hydrogen) atoms. The summed E-state index contributed by atoms with van der Waals surface area (Å²) in [5.41, 5.74) is 6.65. The van der Waals surface area contributed by atoms with Gasteiger partial charge in [0, 0.05) is 19.6 Å². The number of thiophene rings is 1. The molecular formula is C11H13N3O2S. The van der Waals surface area contributed by atoms with Gasteiger partial charge in [0.15, 0.2) is 5.82 Å². The molecule has 2 aromatic rings. The zero-order chi connectivity index (χ0) is 11.7. The molecule has 1 aliphatic heterocycles. The van der Waals surface area contributed by atoms with Crippen molar-refractivity contribution in [1.82, 2.24) is 10.1 Å². The van der Waals surface area contributed by atoms with Gasteiger partial charge >= 0.3 is 0 Å². The van der Waals surface area contributed by atoms with Crippen molar-refractivity contribution >= 4 is 16.3 Å². The average Bonchev–Trinajstić information content (AvgIpc) is 3.00. The van der Waals surface area contributed by atoms with E-state index in [-0.39, 0.29) is 0 Å². The third-order valence-corrected chi connectivity index (χ3v) is 3.63. The molecule has 0 amide bonds. The Morgan fingerprint density at radius 1 is 1.53 bits per heavy atom. The lowest BCUT2D eigenvalue weighted by molar-refractivity contribution is 0.185. The van der Waals surface area contributed by atoms with Crippen LogP contribution >= 0.6 is 11.3 Å². The smallest absolute Gasteiger partial charge is 0.260 e. The molecule has 1 unspecified atom stereocenters. The predicted molar refractivity (Wildman–Crippen MR) is 64.7 cm³/mol. The van der Waals surface area contributed by atoms with Gasteiger partial charge in [-0.3, -0.25) is 0 Å². The van der Waals surface area contributed by atoms with Gasteiger partial charge in [-0.25, -0.2) is 0 Å². The van der Waals surface area contributed by atoms with E-state index in [1.165, 1.54) is 11.3 Å². The Hall–Kier alpha value is -1.40. The Kier molecular flexibility index (Phi) is 2.82. The third kappa shape index (κ3) is 2.18. The van der Waals surface area contributed by atoms with Gasteiger partial charge in [-0.05, 0) is 23.8 Å². The van der Waals surface area contributed by atoms with Crippen LogP contribution in [0.15, 0.2) is 16.0 Å². The number of rotatable bonds is 3. The van der Waals surface area contributed by atoms with Crippen LogP contribution in [0.25, 0.3) is 11.5 Å². The quantitative estimate of drug-likeness (QED) is 0.902. The molecule has 0 spiro atoms. The van der Waals surface area contributed by atoms with Crippen LogP contribution in [0.2, 0.25) is 0 Å². The van der Waals surface area contributed by atoms with E-state index < -0.39 is 0 Å². The lowest BCUT2D eigenvalue weighted by atomic mass is 10.1. The van der Waals surface area contributed by atoms with Crippen molar-refractivity contribution in [2.45, 2.75) is 12.8 Å². The highest BCUT2D eigenvalue weighted by Gasteiger charge is 2.20. The summed E-state index contributed by atoms with van der Waals surface area (Å²) >= 11 is 1.47. The molecule has 2 aromatic heterocycles. The fourth-order valence-electron chi connectivity index (χ4n) is 1.95. The van der Waals surface area contributed by atoms with Crippen molar-refractivity contribution in [3.05, 3.63) is 17.3 Å². The molecule has 3 rings (SSSR count). The second-order valence-electron chi connectivity index (χ2n) is 4.15. The Morgan fingerprint density at radius 2 is 2.47 bits per heavy atom. The van der Waals surface area contributed by atoms with E-state index in [4.69, 9.17) is 15.0 Å². The maximum atomic E-state index is 5.82. The van der Waals surface area contributed by atoms with Gasteiger partial charge in [0.2, 0.25) is 0 Å². The number of nitrogens with zero attached hydrogens (tertiary/aromatic N) is 2. The standard InChI is InChI=1S/C11H13N3O2S/c12-10-8(2-4-17-10)11-13-9(14-16-11)5-7-1-3-15-6-7/h2,4,7H,1,3,5-6,12H2. The lowest BCUT2D eigenvalue weighted by Crippen LogP contribution is -2.04. The van der Waals surface area contributed by atoms with Crippen molar-refractivity contribution in [3.8, 4) is 11.5 Å². The number of ether oxygens (including phenoxy) is 1. The molecule has 6 heteroatoms. The van der Waals surface area contributed by atoms with Crippen LogP contribution in [0, 0.1) is 5.92 Å². The first kappa shape index (κ1) is 10.7. The van der Waals surface area contributed by atoms with Crippen molar-refractivity contribution in [2.75, 3.05) is 18.9 Å². The molecule has 0 saturated carbocycles. The average molecular weight is 251 g/mol. The summed E-state index contributed by atoms with van der Waals surface area (Å²) in [5.74, 6) is 1.76. The summed E-state index contributed by atoms with van der Waals surface area (Å²) in [5, 5.41) is 6.61. The second-order valence-corrected chi connectivity index (χ2v) is 5.10. The topological polar surface area (TPSA) is 74.2 Å². The maximum Gasteiger partial charge on any atom is 0.260 e. The third-order valence-electron chi connectivity index (χ3n) is 2.89. The van der Waals surface area contributed by atoms with Gasteiger partial charge in [0.1, 0.15) is 0 Å². The molecule has 1 atom stereocenters. The Bertz CT molecular complexity index is 502. The number of hydrogen-bond acceptors (Lipinski definition) is 6. The lowest BCUT2D eigenvalue weighted by Gasteiger charge is -2.00. The molecule has 5 nitrogen and oxygen atoms in total. The summed E-state index contributed by atoms with van der Waals surface area (Å²) in [6.45, 7) is 1.64. The molecule has 90 valence electrons. The van der Waals surface area contributed by atoms with E-state index in [0.717, 1.165) is 37.4 Å². The monoisotopic (exact) mass is 251 g/mol. The van der Waals surface area contributed by atoms with E-state index >= 15 is 0 Å². The van der Waals surface area contributed by atoms with E-state index in [9.17, 15) is 0 Å². The summed E-state index contributed by atoms with van der Waals surface area (Å²) in [6, 6.07) is 1.90. The zero-order valence-electron chi connectivity index (χ0n) is 9.26. The van der Waals surface area contributed by atoms with Crippen LogP contribution < -0.4 is 5.73 Å². The van der Waals surface area contributed by atoms with E-state index in [2.05, 4.69) is 10.1 Å². The molecule has 0 aromatic carbocycles. The fraction of sp³-hybridized carbons (Fsp3) is 0.455. The summed E-state index contributed by atoms with van der Waals surface area (Å²) in [6.07, 6.45) is 1.89. The van der Waals surface area contributed by atoms with Crippen LogP contribution in [-0.2, 0) is 11.2 Å². The molecule has 1 fully saturated rings. The maximum absolute atomic E-state index is 5.82. The first-order chi connectivity index (χ1) is 8.33. The molecule has 3 heterocycles. The first-order valence-corrected chi connectivity index (χ1v) is 6.44. The minimum absolute atomic E-state index is 0.512. The van der Waals surface area contributed by atoms with Gasteiger partial charge < -0.3 is 15.0 Å². The highest BCUT2D eigenvalue weighted by molar-refractivity contribution is 7.14. The summed E-state index contributed by atoms with van der Waals surface area (Å²) in [4.78, 5) is 4.37. The van der Waals surface area contributed by atoms with E-state index in [1.807, 2.05) is 11.4 Å². The predicted octanol–water partition coefficient (Wildman–Crippen LogP) is 1.96. The van der Waals surface area contributed by atoms with Crippen molar-refractivity contribution < 1.29 is 9.26 Å². The molecule has 1 saturated heterocycles. The van der Waals surface area contributed by atoms with Gasteiger partial charge in [0.25, 0.3) is 5.89 Å². The molecule has 0 aliphatic carbocycles. The normalized spacial score (nSPS) is 19.9. The molecular weight excluding hydrogens is 238 g/mol. The SMILES string of the molecule is Nc1sccc1-c1nc(CC2CCOC2)no1. The van der Waals surface area contributed by atoms with Crippen LogP contribution in [0.3, 0.4) is 0 Å². The minimum Gasteiger partial charge on any atom is -0.390 e. The van der Waals surface area contributed by atoms with Gasteiger partial charge in [0.05, 0.1) is 10.6 Å². The molecule has 0 bridgehead atoms. The number of nitrogens with two attached hydrogens (primary N) is 1. The van der Waals surface area contributed by atoms with E-state index in [0.29, 0.717) is 16.8 Å². The largest absolute Gasteiger partial charge is 0.390 e. The van der Waals surface area contributed by atoms with Crippen LogP contribution in [0.1, 0.15) is 12.2 Å². The van der Waals surface area contributed by atoms with Crippen molar-refractivity contribution in [2.24, 2.45) is 5.92 Å². The highest BCUT2D eigenvalue weighted by atomic mass is 32.1. The van der Waals surface area contributed by atoms with Gasteiger partial charge in [-0.1, -0.05) is 5.16 Å². The molecule has 0 radical (unpaired) electrons. The van der Waals surface area contributed by atoms with Crippen molar-refractivity contribution in [1.29, 1.82) is 0 Å². The van der Waals surface area contributed by atoms with Crippen LogP contribution in [0.4, 0.5) is 5.00 Å².